The zero-order valence-electron chi connectivity index (χ0n) is 6.87. The van der Waals surface area contributed by atoms with Gasteiger partial charge in [-0.15, -0.1) is 11.3 Å². The van der Waals surface area contributed by atoms with Crippen LogP contribution in [0.25, 0.3) is 0 Å². The molecule has 70 valence electrons. The lowest BCUT2D eigenvalue weighted by atomic mass is 10.2. The van der Waals surface area contributed by atoms with E-state index in [1.807, 2.05) is 12.1 Å². The molecular weight excluding hydrogens is 252 g/mol. The fourth-order valence-corrected chi connectivity index (χ4v) is 2.39. The van der Waals surface area contributed by atoms with E-state index in [1.54, 1.807) is 17.4 Å². The summed E-state index contributed by atoms with van der Waals surface area (Å²) in [5, 5.41) is 8.32. The minimum absolute atomic E-state index is 0.777. The number of carboxylic acids is 1. The predicted molar refractivity (Wildman–Crippen MR) is 57.1 cm³/mol. The molecule has 0 atom stereocenters. The summed E-state index contributed by atoms with van der Waals surface area (Å²) in [5.74, 6) is -0.882. The van der Waals surface area contributed by atoms with Crippen LogP contribution in [0, 0.1) is 0 Å². The summed E-state index contributed by atoms with van der Waals surface area (Å²) in [4.78, 5) is 11.4. The van der Waals surface area contributed by atoms with E-state index >= 15 is 0 Å². The Morgan fingerprint density at radius 1 is 1.62 bits per heavy atom. The molecule has 1 aromatic heterocycles. The third-order valence-corrected chi connectivity index (χ3v) is 3.13. The molecule has 4 heteroatoms. The zero-order valence-corrected chi connectivity index (χ0v) is 9.27. The van der Waals surface area contributed by atoms with Crippen LogP contribution in [0.4, 0.5) is 0 Å². The van der Waals surface area contributed by atoms with Crippen molar-refractivity contribution < 1.29 is 9.90 Å². The largest absolute Gasteiger partial charge is 0.478 e. The van der Waals surface area contributed by atoms with Gasteiger partial charge in [-0.1, -0.05) is 6.08 Å². The number of aliphatic carboxylic acids is 1. The predicted octanol–water partition coefficient (Wildman–Crippen LogP) is 3.08. The van der Waals surface area contributed by atoms with Crippen LogP contribution in [0.2, 0.25) is 0 Å². The van der Waals surface area contributed by atoms with Crippen LogP contribution in [-0.2, 0) is 11.2 Å². The number of thiophene rings is 1. The van der Waals surface area contributed by atoms with Crippen LogP contribution in [0.5, 0.6) is 0 Å². The van der Waals surface area contributed by atoms with Gasteiger partial charge in [0.2, 0.25) is 0 Å². The SMILES string of the molecule is O=C(O)/C=C/CCc1ccc(Br)s1. The first kappa shape index (κ1) is 10.5. The average molecular weight is 261 g/mol. The molecule has 0 aliphatic carbocycles. The number of hydrogen-bond donors (Lipinski definition) is 1. The van der Waals surface area contributed by atoms with Crippen molar-refractivity contribution in [1.82, 2.24) is 0 Å². The van der Waals surface area contributed by atoms with Gasteiger partial charge in [-0.05, 0) is 40.9 Å². The molecule has 1 heterocycles. The van der Waals surface area contributed by atoms with Crippen LogP contribution in [0.1, 0.15) is 11.3 Å². The Balaban J connectivity index is 2.31. The van der Waals surface area contributed by atoms with E-state index in [0.717, 1.165) is 16.6 Å². The lowest BCUT2D eigenvalue weighted by molar-refractivity contribution is -0.131. The summed E-state index contributed by atoms with van der Waals surface area (Å²) in [7, 11) is 0. The second-order valence-electron chi connectivity index (χ2n) is 2.49. The van der Waals surface area contributed by atoms with E-state index in [9.17, 15) is 4.79 Å². The Labute approximate surface area is 89.0 Å². The normalized spacial score (nSPS) is 10.8. The van der Waals surface area contributed by atoms with Gasteiger partial charge in [0, 0.05) is 11.0 Å². The lowest BCUT2D eigenvalue weighted by Gasteiger charge is -1.89. The highest BCUT2D eigenvalue weighted by atomic mass is 79.9. The number of aryl methyl sites for hydroxylation is 1. The highest BCUT2D eigenvalue weighted by molar-refractivity contribution is 9.11. The molecule has 1 rings (SSSR count). The zero-order chi connectivity index (χ0) is 9.68. The van der Waals surface area contributed by atoms with E-state index in [0.29, 0.717) is 0 Å². The number of hydrogen-bond acceptors (Lipinski definition) is 2. The second-order valence-corrected chi connectivity index (χ2v) is 5.03. The van der Waals surface area contributed by atoms with Gasteiger partial charge < -0.3 is 5.11 Å². The number of carboxylic acid groups (broad SMARTS) is 1. The fraction of sp³-hybridized carbons (Fsp3) is 0.222. The minimum Gasteiger partial charge on any atom is -0.478 e. The van der Waals surface area contributed by atoms with Crippen LogP contribution < -0.4 is 0 Å². The van der Waals surface area contributed by atoms with Crippen molar-refractivity contribution in [1.29, 1.82) is 0 Å². The van der Waals surface area contributed by atoms with Gasteiger partial charge in [0.15, 0.2) is 0 Å². The summed E-state index contributed by atoms with van der Waals surface area (Å²) in [6.45, 7) is 0. The molecule has 0 aromatic carbocycles. The van der Waals surface area contributed by atoms with Gasteiger partial charge in [0.25, 0.3) is 0 Å². The van der Waals surface area contributed by atoms with Crippen LogP contribution in [0.15, 0.2) is 28.1 Å². The highest BCUT2D eigenvalue weighted by Crippen LogP contribution is 2.22. The van der Waals surface area contributed by atoms with E-state index < -0.39 is 5.97 Å². The third-order valence-electron chi connectivity index (χ3n) is 1.45. The van der Waals surface area contributed by atoms with Crippen molar-refractivity contribution in [3.63, 3.8) is 0 Å². The van der Waals surface area contributed by atoms with E-state index in [4.69, 9.17) is 5.11 Å². The van der Waals surface area contributed by atoms with Crippen molar-refractivity contribution >= 4 is 33.2 Å². The standard InChI is InChI=1S/C9H9BrO2S/c10-8-6-5-7(13-8)3-1-2-4-9(11)12/h2,4-6H,1,3H2,(H,11,12)/b4-2+. The molecule has 0 amide bonds. The van der Waals surface area contributed by atoms with Gasteiger partial charge in [-0.3, -0.25) is 0 Å². The molecule has 13 heavy (non-hydrogen) atoms. The molecular formula is C9H9BrO2S. The summed E-state index contributed by atoms with van der Waals surface area (Å²) in [5.41, 5.74) is 0. The summed E-state index contributed by atoms with van der Waals surface area (Å²) >= 11 is 5.05. The topological polar surface area (TPSA) is 37.3 Å². The molecule has 1 N–H and O–H groups in total. The second kappa shape index (κ2) is 5.19. The molecule has 0 aliphatic heterocycles. The maximum Gasteiger partial charge on any atom is 0.327 e. The number of halogens is 1. The fourth-order valence-electron chi connectivity index (χ4n) is 0.896. The molecule has 0 bridgehead atoms. The molecule has 0 saturated heterocycles. The Morgan fingerprint density at radius 3 is 2.92 bits per heavy atom. The Bertz CT molecular complexity index is 317. The summed E-state index contributed by atoms with van der Waals surface area (Å²) < 4.78 is 1.12. The summed E-state index contributed by atoms with van der Waals surface area (Å²) in [6, 6.07) is 4.05. The molecule has 0 radical (unpaired) electrons. The van der Waals surface area contributed by atoms with Crippen molar-refractivity contribution in [2.75, 3.05) is 0 Å². The molecule has 0 fully saturated rings. The first-order chi connectivity index (χ1) is 6.18. The number of rotatable bonds is 4. The van der Waals surface area contributed by atoms with E-state index in [-0.39, 0.29) is 0 Å². The van der Waals surface area contributed by atoms with Gasteiger partial charge in [-0.2, -0.15) is 0 Å². The van der Waals surface area contributed by atoms with Gasteiger partial charge in [-0.25, -0.2) is 4.79 Å². The van der Waals surface area contributed by atoms with Crippen LogP contribution in [0.3, 0.4) is 0 Å². The van der Waals surface area contributed by atoms with Crippen LogP contribution in [-0.4, -0.2) is 11.1 Å². The van der Waals surface area contributed by atoms with E-state index in [2.05, 4.69) is 15.9 Å². The molecule has 2 nitrogen and oxygen atoms in total. The smallest absolute Gasteiger partial charge is 0.327 e. The molecule has 1 aromatic rings. The van der Waals surface area contributed by atoms with Gasteiger partial charge in [0.05, 0.1) is 3.79 Å². The minimum atomic E-state index is -0.882. The number of carbonyl (C=O) groups is 1. The average Bonchev–Trinajstić information content (AvgIpc) is 2.45. The molecule has 0 spiro atoms. The Hall–Kier alpha value is -0.610. The monoisotopic (exact) mass is 260 g/mol. The maximum absolute atomic E-state index is 10.1. The molecule has 0 aliphatic rings. The first-order valence-electron chi connectivity index (χ1n) is 3.82. The molecule has 0 saturated carbocycles. The van der Waals surface area contributed by atoms with Crippen molar-refractivity contribution in [2.24, 2.45) is 0 Å². The van der Waals surface area contributed by atoms with Crippen molar-refractivity contribution in [3.8, 4) is 0 Å². The van der Waals surface area contributed by atoms with Gasteiger partial charge >= 0.3 is 5.97 Å². The van der Waals surface area contributed by atoms with Crippen molar-refractivity contribution in [3.05, 3.63) is 32.9 Å². The number of allylic oxidation sites excluding steroid dienone is 1. The maximum atomic E-state index is 10.1. The quantitative estimate of drug-likeness (QED) is 0.845. The van der Waals surface area contributed by atoms with Crippen LogP contribution >= 0.6 is 27.3 Å². The summed E-state index contributed by atoms with van der Waals surface area (Å²) in [6.07, 6.45) is 4.54. The lowest BCUT2D eigenvalue weighted by Crippen LogP contribution is -1.86. The van der Waals surface area contributed by atoms with Crippen molar-refractivity contribution in [2.45, 2.75) is 12.8 Å². The molecule has 0 unspecified atom stereocenters. The van der Waals surface area contributed by atoms with E-state index in [1.165, 1.54) is 11.0 Å². The Morgan fingerprint density at radius 2 is 2.38 bits per heavy atom. The van der Waals surface area contributed by atoms with Gasteiger partial charge in [0.1, 0.15) is 0 Å². The Kier molecular flexibility index (Phi) is 4.18. The first-order valence-corrected chi connectivity index (χ1v) is 5.43. The third kappa shape index (κ3) is 4.24. The highest BCUT2D eigenvalue weighted by Gasteiger charge is 1.95.